The lowest BCUT2D eigenvalue weighted by Gasteiger charge is -2.04. The minimum atomic E-state index is -0.306. The van der Waals surface area contributed by atoms with Gasteiger partial charge >= 0.3 is 0 Å². The number of alkyl halides is 6. The van der Waals surface area contributed by atoms with Crippen molar-refractivity contribution in [3.63, 3.8) is 0 Å². The number of aromatic nitrogens is 8. The molecule has 0 saturated heterocycles. The number of hydrogen-bond donors (Lipinski definition) is 8. The molecule has 0 saturated carbocycles. The lowest BCUT2D eigenvalue weighted by molar-refractivity contribution is 0.101. The Kier molecular flexibility index (Phi) is 31.2. The van der Waals surface area contributed by atoms with Gasteiger partial charge in [0.1, 0.15) is 0 Å². The molecule has 0 aliphatic rings. The summed E-state index contributed by atoms with van der Waals surface area (Å²) in [4.78, 5) is 118. The summed E-state index contributed by atoms with van der Waals surface area (Å²) in [6, 6.07) is 40.3. The molecular formula is C51H50Cl6N12O8. The van der Waals surface area contributed by atoms with Gasteiger partial charge in [0.05, 0.1) is 16.0 Å². The molecule has 404 valence electrons. The number of nitrogens with one attached hydrogen (secondary N) is 8. The quantitative estimate of drug-likeness (QED) is 0.0660. The molecule has 4 aromatic carbocycles. The highest BCUT2D eigenvalue weighted by molar-refractivity contribution is 6.41. The molecular weight excluding hydrogens is 1120 g/mol. The molecule has 0 bridgehead atoms. The van der Waals surface area contributed by atoms with Crippen molar-refractivity contribution < 1.29 is 19.2 Å². The molecule has 0 atom stereocenters. The topological polar surface area (TPSA) is 299 Å². The molecule has 0 aliphatic heterocycles. The summed E-state index contributed by atoms with van der Waals surface area (Å²) < 4.78 is 0. The summed E-state index contributed by atoms with van der Waals surface area (Å²) >= 11 is 28.6. The first kappa shape index (κ1) is 65.1. The zero-order valence-electron chi connectivity index (χ0n) is 41.3. The lowest BCUT2D eigenvalue weighted by Crippen LogP contribution is -2.18. The predicted octanol–water partition coefficient (Wildman–Crippen LogP) is 9.59. The van der Waals surface area contributed by atoms with Gasteiger partial charge in [0, 0.05) is 69.3 Å². The minimum Gasteiger partial charge on any atom is -0.292 e. The van der Waals surface area contributed by atoms with E-state index in [1.807, 2.05) is 24.3 Å². The average molecular weight is 1170 g/mol. The fourth-order valence-corrected chi connectivity index (χ4v) is 5.63. The van der Waals surface area contributed by atoms with Crippen LogP contribution in [0.1, 0.15) is 64.2 Å². The predicted molar refractivity (Wildman–Crippen MR) is 306 cm³/mol. The Morgan fingerprint density at radius 2 is 0.494 bits per heavy atom. The number of carbonyl (C=O) groups is 4. The maximum atomic E-state index is 11.8. The van der Waals surface area contributed by atoms with E-state index >= 15 is 0 Å². The van der Waals surface area contributed by atoms with Crippen molar-refractivity contribution in [1.82, 2.24) is 39.9 Å². The molecule has 0 radical (unpaired) electrons. The van der Waals surface area contributed by atoms with Gasteiger partial charge in [-0.2, -0.15) is 0 Å². The normalized spacial score (nSPS) is 9.48. The first-order chi connectivity index (χ1) is 36.8. The second kappa shape index (κ2) is 36.9. The van der Waals surface area contributed by atoms with E-state index in [4.69, 9.17) is 69.6 Å². The van der Waals surface area contributed by atoms with Crippen molar-refractivity contribution in [3.05, 3.63) is 232 Å². The fourth-order valence-electron chi connectivity index (χ4n) is 5.63. The van der Waals surface area contributed by atoms with Crippen molar-refractivity contribution >= 4 is 117 Å². The molecule has 8 rings (SSSR count). The van der Waals surface area contributed by atoms with Gasteiger partial charge in [-0.25, -0.2) is 19.9 Å². The molecule has 0 aliphatic carbocycles. The summed E-state index contributed by atoms with van der Waals surface area (Å²) in [7, 11) is 0. The zero-order valence-corrected chi connectivity index (χ0v) is 45.8. The number of benzene rings is 4. The minimum absolute atomic E-state index is 0.156. The number of nitrogens with zero attached hydrogens (tertiary/aromatic N) is 4. The SMILES string of the molecule is Cc1cc(=O)[nH]c(NC(=O)c2ccccc2)n1.Cc1cc(=O)[nH]c(NC(=O)c2ccccc2)n1.Cc1cc(=O)[nH]c(NC(=O)c2ccccc2)n1.Cc1cc(=O)[nH]c(NC(=O)c2ccccc2)n1.ClCCl.ClCCl.ClCCl. The van der Waals surface area contributed by atoms with Crippen LogP contribution in [-0.2, 0) is 0 Å². The highest BCUT2D eigenvalue weighted by atomic mass is 35.5. The Morgan fingerprint density at radius 1 is 0.338 bits per heavy atom. The van der Waals surface area contributed by atoms with E-state index in [1.165, 1.54) is 24.3 Å². The van der Waals surface area contributed by atoms with Crippen LogP contribution in [0.4, 0.5) is 23.8 Å². The molecule has 0 spiro atoms. The molecule has 4 amide bonds. The number of carbonyl (C=O) groups excluding carboxylic acids is 4. The summed E-state index contributed by atoms with van der Waals surface area (Å²) in [6.45, 7) is 6.75. The molecule has 8 aromatic rings. The van der Waals surface area contributed by atoms with Crippen LogP contribution < -0.4 is 43.5 Å². The van der Waals surface area contributed by atoms with Crippen molar-refractivity contribution in [2.75, 3.05) is 37.3 Å². The van der Waals surface area contributed by atoms with E-state index in [1.54, 1.807) is 125 Å². The molecule has 20 nitrogen and oxygen atoms in total. The van der Waals surface area contributed by atoms with Crippen LogP contribution in [0.15, 0.2) is 165 Å². The first-order valence-electron chi connectivity index (χ1n) is 22.0. The lowest BCUT2D eigenvalue weighted by atomic mass is 10.2. The van der Waals surface area contributed by atoms with E-state index in [9.17, 15) is 38.4 Å². The van der Waals surface area contributed by atoms with Crippen molar-refractivity contribution in [2.24, 2.45) is 0 Å². The largest absolute Gasteiger partial charge is 0.292 e. The standard InChI is InChI=1S/4C12H11N3O2.3CH2Cl2/c4*1-8-7-10(16)14-12(13-8)15-11(17)9-5-3-2-4-6-9;3*2-1-3/h4*2-7H,1H3,(H2,13,14,15,16,17);3*1H2. The number of amides is 4. The molecule has 26 heteroatoms. The van der Waals surface area contributed by atoms with E-state index in [0.717, 1.165) is 0 Å². The van der Waals surface area contributed by atoms with Crippen LogP contribution in [0.2, 0.25) is 0 Å². The summed E-state index contributed by atoms with van der Waals surface area (Å²) in [5, 5.41) is 10.7. The van der Waals surface area contributed by atoms with Crippen LogP contribution in [0, 0.1) is 27.7 Å². The smallest absolute Gasteiger partial charge is 0.257 e. The van der Waals surface area contributed by atoms with Crippen molar-refractivity contribution in [3.8, 4) is 0 Å². The van der Waals surface area contributed by atoms with Crippen LogP contribution >= 0.6 is 69.6 Å². The fraction of sp³-hybridized carbons (Fsp3) is 0.137. The maximum absolute atomic E-state index is 11.8. The molecule has 4 heterocycles. The van der Waals surface area contributed by atoms with Crippen LogP contribution in [-0.4, -0.2) is 79.5 Å². The Hall–Kier alpha value is -7.98. The number of hydrogen-bond acceptors (Lipinski definition) is 12. The van der Waals surface area contributed by atoms with Gasteiger partial charge < -0.3 is 0 Å². The van der Waals surface area contributed by atoms with Crippen LogP contribution in [0.3, 0.4) is 0 Å². The summed E-state index contributed by atoms with van der Waals surface area (Å²) in [5.74, 6) is -0.599. The summed E-state index contributed by atoms with van der Waals surface area (Å²) in [5.41, 5.74) is 3.09. The van der Waals surface area contributed by atoms with E-state index in [0.29, 0.717) is 45.0 Å². The third-order valence-corrected chi connectivity index (χ3v) is 8.55. The van der Waals surface area contributed by atoms with Gasteiger partial charge in [0.25, 0.3) is 45.9 Å². The van der Waals surface area contributed by atoms with Gasteiger partial charge in [-0.05, 0) is 76.2 Å². The van der Waals surface area contributed by atoms with Gasteiger partial charge in [0.2, 0.25) is 23.8 Å². The van der Waals surface area contributed by atoms with E-state index in [-0.39, 0.29) is 85.7 Å². The number of aromatic amines is 4. The maximum Gasteiger partial charge on any atom is 0.257 e. The molecule has 8 N–H and O–H groups in total. The first-order valence-corrected chi connectivity index (χ1v) is 25.2. The highest BCUT2D eigenvalue weighted by Gasteiger charge is 2.10. The van der Waals surface area contributed by atoms with Gasteiger partial charge in [-0.3, -0.25) is 79.6 Å². The van der Waals surface area contributed by atoms with E-state index < -0.39 is 0 Å². The second-order valence-corrected chi connectivity index (χ2v) is 16.9. The van der Waals surface area contributed by atoms with E-state index in [2.05, 4.69) is 61.1 Å². The zero-order chi connectivity index (χ0) is 57.1. The Balaban J connectivity index is 0.000000333. The molecule has 0 fully saturated rings. The average Bonchev–Trinajstić information content (AvgIpc) is 3.37. The van der Waals surface area contributed by atoms with Gasteiger partial charge in [0.15, 0.2) is 0 Å². The number of aryl methyl sites for hydroxylation is 4. The Morgan fingerprint density at radius 3 is 0.636 bits per heavy atom. The number of anilines is 4. The van der Waals surface area contributed by atoms with Gasteiger partial charge in [-0.15, -0.1) is 69.6 Å². The van der Waals surface area contributed by atoms with Crippen LogP contribution in [0.5, 0.6) is 0 Å². The Labute approximate surface area is 470 Å². The second-order valence-electron chi connectivity index (χ2n) is 14.5. The third-order valence-electron chi connectivity index (χ3n) is 8.55. The highest BCUT2D eigenvalue weighted by Crippen LogP contribution is 2.07. The van der Waals surface area contributed by atoms with Crippen molar-refractivity contribution in [1.29, 1.82) is 0 Å². The molecule has 77 heavy (non-hydrogen) atoms. The van der Waals surface area contributed by atoms with Crippen molar-refractivity contribution in [2.45, 2.75) is 27.7 Å². The van der Waals surface area contributed by atoms with Gasteiger partial charge in [-0.1, -0.05) is 72.8 Å². The number of halogens is 6. The Bertz CT molecular complexity index is 2880. The molecule has 0 unspecified atom stereocenters. The third kappa shape index (κ3) is 27.4. The summed E-state index contributed by atoms with van der Waals surface area (Å²) in [6.07, 6.45) is 0. The monoisotopic (exact) mass is 1170 g/mol. The number of rotatable bonds is 8. The molecule has 4 aromatic heterocycles. The number of H-pyrrole nitrogens is 4. The van der Waals surface area contributed by atoms with Crippen LogP contribution in [0.25, 0.3) is 0 Å².